The predicted molar refractivity (Wildman–Crippen MR) is 55.2 cm³/mol. The summed E-state index contributed by atoms with van der Waals surface area (Å²) in [5.74, 6) is -1.80. The maximum Gasteiger partial charge on any atom is 0.338 e. The Hall–Kier alpha value is -1.33. The van der Waals surface area contributed by atoms with E-state index in [0.29, 0.717) is 12.3 Å². The molecule has 4 nitrogen and oxygen atoms in total. The van der Waals surface area contributed by atoms with Crippen molar-refractivity contribution < 1.29 is 19.0 Å². The topological polar surface area (TPSA) is 72.5 Å². The first-order valence-corrected chi connectivity index (χ1v) is 4.01. The third kappa shape index (κ3) is 3.73. The normalized spacial score (nSPS) is 9.20. The van der Waals surface area contributed by atoms with Crippen LogP contribution in [0.3, 0.4) is 0 Å². The molecule has 0 aliphatic rings. The van der Waals surface area contributed by atoms with Crippen molar-refractivity contribution >= 4 is 18.4 Å². The average molecular weight is 236 g/mol. The van der Waals surface area contributed by atoms with Crippen LogP contribution in [0, 0.1) is 5.82 Å². The molecule has 0 atom stereocenters. The van der Waals surface area contributed by atoms with Crippen LogP contribution in [0.25, 0.3) is 0 Å². The van der Waals surface area contributed by atoms with Gasteiger partial charge in [0.15, 0.2) is 0 Å². The van der Waals surface area contributed by atoms with Crippen molar-refractivity contribution in [3.8, 4) is 5.75 Å². The number of hydrogen-bond acceptors (Lipinski definition) is 3. The van der Waals surface area contributed by atoms with E-state index in [9.17, 15) is 9.18 Å². The van der Waals surface area contributed by atoms with Crippen molar-refractivity contribution in [3.05, 3.63) is 29.6 Å². The largest absolute Gasteiger partial charge is 0.492 e. The molecule has 0 saturated carbocycles. The molecule has 1 aromatic rings. The second-order valence-electron chi connectivity index (χ2n) is 2.58. The lowest BCUT2D eigenvalue weighted by atomic mass is 10.2. The Balaban J connectivity index is 0.00000196. The lowest BCUT2D eigenvalue weighted by Gasteiger charge is -2.05. The summed E-state index contributed by atoms with van der Waals surface area (Å²) in [4.78, 5) is 10.5. The molecule has 0 fully saturated rings. The third-order valence-electron chi connectivity index (χ3n) is 1.55. The molecule has 0 unspecified atom stereocenters. The molecule has 0 aliphatic heterocycles. The van der Waals surface area contributed by atoms with Gasteiger partial charge in [-0.05, 0) is 18.2 Å². The van der Waals surface area contributed by atoms with Gasteiger partial charge >= 0.3 is 5.97 Å². The Bertz CT molecular complexity index is 346. The Morgan fingerprint density at radius 3 is 2.73 bits per heavy atom. The van der Waals surface area contributed by atoms with Crippen LogP contribution < -0.4 is 10.5 Å². The van der Waals surface area contributed by atoms with Crippen LogP contribution in [0.2, 0.25) is 0 Å². The van der Waals surface area contributed by atoms with Crippen LogP contribution in [-0.2, 0) is 0 Å². The van der Waals surface area contributed by atoms with E-state index < -0.39 is 17.3 Å². The van der Waals surface area contributed by atoms with Crippen molar-refractivity contribution in [2.45, 2.75) is 0 Å². The van der Waals surface area contributed by atoms with Gasteiger partial charge in [-0.15, -0.1) is 12.4 Å². The van der Waals surface area contributed by atoms with E-state index >= 15 is 0 Å². The number of halogens is 2. The molecular formula is C9H11ClFNO3. The zero-order valence-corrected chi connectivity index (χ0v) is 8.59. The SMILES string of the molecule is Cl.NCCOc1ccc(F)c(C(=O)O)c1. The molecular weight excluding hydrogens is 225 g/mol. The number of hydrogen-bond donors (Lipinski definition) is 2. The minimum atomic E-state index is -1.32. The van der Waals surface area contributed by atoms with Gasteiger partial charge in [0.1, 0.15) is 18.2 Å². The van der Waals surface area contributed by atoms with E-state index in [-0.39, 0.29) is 19.0 Å². The summed E-state index contributed by atoms with van der Waals surface area (Å²) in [5.41, 5.74) is 4.79. The fourth-order valence-corrected chi connectivity index (χ4v) is 0.935. The summed E-state index contributed by atoms with van der Waals surface area (Å²) in [7, 11) is 0. The molecule has 0 bridgehead atoms. The van der Waals surface area contributed by atoms with Crippen molar-refractivity contribution in [3.63, 3.8) is 0 Å². The van der Waals surface area contributed by atoms with Gasteiger partial charge in [0.05, 0.1) is 5.56 Å². The molecule has 15 heavy (non-hydrogen) atoms. The van der Waals surface area contributed by atoms with Gasteiger partial charge in [0.2, 0.25) is 0 Å². The number of rotatable bonds is 4. The number of benzene rings is 1. The second kappa shape index (κ2) is 6.21. The smallest absolute Gasteiger partial charge is 0.338 e. The minimum absolute atomic E-state index is 0. The molecule has 0 spiro atoms. The lowest BCUT2D eigenvalue weighted by molar-refractivity contribution is 0.0691. The number of aromatic carboxylic acids is 1. The first kappa shape index (κ1) is 13.7. The molecule has 3 N–H and O–H groups in total. The van der Waals surface area contributed by atoms with E-state index in [2.05, 4.69) is 0 Å². The van der Waals surface area contributed by atoms with E-state index in [1.807, 2.05) is 0 Å². The molecule has 1 aromatic carbocycles. The number of ether oxygens (including phenoxy) is 1. The first-order chi connectivity index (χ1) is 6.65. The van der Waals surface area contributed by atoms with Crippen molar-refractivity contribution in [1.29, 1.82) is 0 Å². The van der Waals surface area contributed by atoms with Crippen molar-refractivity contribution in [2.24, 2.45) is 5.73 Å². The summed E-state index contributed by atoms with van der Waals surface area (Å²) >= 11 is 0. The van der Waals surface area contributed by atoms with Gasteiger partial charge < -0.3 is 15.6 Å². The molecule has 0 radical (unpaired) electrons. The maximum absolute atomic E-state index is 12.9. The molecule has 0 amide bonds. The zero-order valence-electron chi connectivity index (χ0n) is 7.77. The van der Waals surface area contributed by atoms with Crippen molar-refractivity contribution in [1.82, 2.24) is 0 Å². The highest BCUT2D eigenvalue weighted by Crippen LogP contribution is 2.16. The van der Waals surface area contributed by atoms with Crippen LogP contribution in [0.5, 0.6) is 5.75 Å². The number of carboxylic acid groups (broad SMARTS) is 1. The third-order valence-corrected chi connectivity index (χ3v) is 1.55. The maximum atomic E-state index is 12.9. The Kier molecular flexibility index (Phi) is 5.66. The molecule has 0 saturated heterocycles. The average Bonchev–Trinajstić information content (AvgIpc) is 2.16. The van der Waals surface area contributed by atoms with Gasteiger partial charge in [-0.1, -0.05) is 0 Å². The molecule has 84 valence electrons. The number of carboxylic acids is 1. The summed E-state index contributed by atoms with van der Waals surface area (Å²) in [6, 6.07) is 3.54. The Morgan fingerprint density at radius 1 is 1.53 bits per heavy atom. The van der Waals surface area contributed by atoms with Crippen LogP contribution in [0.15, 0.2) is 18.2 Å². The Labute approximate surface area is 92.3 Å². The highest BCUT2D eigenvalue weighted by Gasteiger charge is 2.10. The first-order valence-electron chi connectivity index (χ1n) is 4.01. The molecule has 0 heterocycles. The van der Waals surface area contributed by atoms with E-state index in [1.54, 1.807) is 0 Å². The second-order valence-corrected chi connectivity index (χ2v) is 2.58. The quantitative estimate of drug-likeness (QED) is 0.825. The highest BCUT2D eigenvalue weighted by molar-refractivity contribution is 5.88. The van der Waals surface area contributed by atoms with Gasteiger partial charge in [0.25, 0.3) is 0 Å². The number of nitrogens with two attached hydrogens (primary N) is 1. The van der Waals surface area contributed by atoms with Gasteiger partial charge in [-0.2, -0.15) is 0 Å². The number of carbonyl (C=O) groups is 1. The predicted octanol–water partition coefficient (Wildman–Crippen LogP) is 1.28. The van der Waals surface area contributed by atoms with Gasteiger partial charge in [-0.25, -0.2) is 9.18 Å². The fourth-order valence-electron chi connectivity index (χ4n) is 0.935. The summed E-state index contributed by atoms with van der Waals surface area (Å²) in [6.07, 6.45) is 0. The van der Waals surface area contributed by atoms with E-state index in [4.69, 9.17) is 15.6 Å². The molecule has 6 heteroatoms. The standard InChI is InChI=1S/C9H10FNO3.ClH/c10-8-2-1-6(14-4-3-11)5-7(8)9(12)13;/h1-2,5H,3-4,11H2,(H,12,13);1H. The Morgan fingerprint density at radius 2 is 2.20 bits per heavy atom. The van der Waals surface area contributed by atoms with E-state index in [0.717, 1.165) is 12.1 Å². The molecule has 0 aromatic heterocycles. The van der Waals surface area contributed by atoms with Crippen molar-refractivity contribution in [2.75, 3.05) is 13.2 Å². The molecule has 1 rings (SSSR count). The minimum Gasteiger partial charge on any atom is -0.492 e. The van der Waals surface area contributed by atoms with Crippen LogP contribution >= 0.6 is 12.4 Å². The zero-order chi connectivity index (χ0) is 10.6. The van der Waals surface area contributed by atoms with Crippen LogP contribution in [0.4, 0.5) is 4.39 Å². The highest BCUT2D eigenvalue weighted by atomic mass is 35.5. The summed E-state index contributed by atoms with van der Waals surface area (Å²) in [6.45, 7) is 0.588. The van der Waals surface area contributed by atoms with Gasteiger partial charge in [-0.3, -0.25) is 0 Å². The fraction of sp³-hybridized carbons (Fsp3) is 0.222. The summed E-state index contributed by atoms with van der Waals surface area (Å²) < 4.78 is 17.9. The summed E-state index contributed by atoms with van der Waals surface area (Å²) in [5, 5.41) is 8.60. The van der Waals surface area contributed by atoms with Gasteiger partial charge in [0, 0.05) is 6.54 Å². The molecule has 0 aliphatic carbocycles. The van der Waals surface area contributed by atoms with E-state index in [1.165, 1.54) is 6.07 Å². The van der Waals surface area contributed by atoms with Crippen LogP contribution in [-0.4, -0.2) is 24.2 Å². The monoisotopic (exact) mass is 235 g/mol. The van der Waals surface area contributed by atoms with Crippen LogP contribution in [0.1, 0.15) is 10.4 Å². The lowest BCUT2D eigenvalue weighted by Crippen LogP contribution is -2.11.